The largest absolute Gasteiger partial charge is 0.369 e. The summed E-state index contributed by atoms with van der Waals surface area (Å²) in [6.45, 7) is 2.21. The molecular weight excluding hydrogens is 220 g/mol. The number of hydrogen-bond acceptors (Lipinski definition) is 3. The van der Waals surface area contributed by atoms with E-state index in [2.05, 4.69) is 10.6 Å². The van der Waals surface area contributed by atoms with E-state index in [0.717, 1.165) is 5.56 Å². The van der Waals surface area contributed by atoms with Gasteiger partial charge < -0.3 is 15.4 Å². The fraction of sp³-hybridized carbons (Fsp3) is 0.333. The first-order valence-corrected chi connectivity index (χ1v) is 5.40. The van der Waals surface area contributed by atoms with Gasteiger partial charge in [-0.25, -0.2) is 0 Å². The van der Waals surface area contributed by atoms with Crippen molar-refractivity contribution in [2.24, 2.45) is 0 Å². The van der Waals surface area contributed by atoms with Crippen LogP contribution in [-0.2, 0) is 14.3 Å². The topological polar surface area (TPSA) is 67.4 Å². The molecule has 1 aliphatic heterocycles. The molecule has 1 saturated heterocycles. The highest BCUT2D eigenvalue weighted by molar-refractivity contribution is 5.97. The van der Waals surface area contributed by atoms with E-state index >= 15 is 0 Å². The Morgan fingerprint density at radius 3 is 2.76 bits per heavy atom. The second kappa shape index (κ2) is 4.97. The van der Waals surface area contributed by atoms with Crippen LogP contribution >= 0.6 is 0 Å². The molecule has 5 nitrogen and oxygen atoms in total. The van der Waals surface area contributed by atoms with Gasteiger partial charge in [-0.15, -0.1) is 0 Å². The molecule has 2 rings (SSSR count). The summed E-state index contributed by atoms with van der Waals surface area (Å²) in [5.41, 5.74) is 1.83. The molecule has 2 amide bonds. The molecule has 0 spiro atoms. The minimum Gasteiger partial charge on any atom is -0.369 e. The zero-order chi connectivity index (χ0) is 12.3. The molecule has 1 atom stereocenters. The number of benzene rings is 1. The molecule has 1 fully saturated rings. The van der Waals surface area contributed by atoms with Gasteiger partial charge in [0, 0.05) is 5.69 Å². The van der Waals surface area contributed by atoms with Crippen LogP contribution < -0.4 is 10.6 Å². The average molecular weight is 234 g/mol. The van der Waals surface area contributed by atoms with Crippen molar-refractivity contribution in [3.63, 3.8) is 0 Å². The zero-order valence-electron chi connectivity index (χ0n) is 9.53. The van der Waals surface area contributed by atoms with Crippen molar-refractivity contribution >= 4 is 17.5 Å². The molecule has 0 aromatic heterocycles. The lowest BCUT2D eigenvalue weighted by molar-refractivity contribution is -0.136. The number of rotatable bonds is 2. The number of morpholine rings is 1. The van der Waals surface area contributed by atoms with Crippen molar-refractivity contribution in [3.05, 3.63) is 29.8 Å². The van der Waals surface area contributed by atoms with E-state index in [4.69, 9.17) is 4.74 Å². The van der Waals surface area contributed by atoms with Crippen LogP contribution in [0, 0.1) is 6.92 Å². The minimum atomic E-state index is -0.613. The molecule has 1 aromatic rings. The van der Waals surface area contributed by atoms with E-state index in [1.54, 1.807) is 0 Å². The molecule has 0 saturated carbocycles. The Hall–Kier alpha value is -1.88. The number of hydrogen-bond donors (Lipinski definition) is 2. The number of nitrogens with one attached hydrogen (secondary N) is 2. The number of anilines is 1. The predicted octanol–water partition coefficient (Wildman–Crippen LogP) is 0.449. The zero-order valence-corrected chi connectivity index (χ0v) is 9.53. The highest BCUT2D eigenvalue weighted by Gasteiger charge is 2.25. The van der Waals surface area contributed by atoms with Crippen molar-refractivity contribution in [2.45, 2.75) is 13.0 Å². The van der Waals surface area contributed by atoms with Crippen molar-refractivity contribution in [3.8, 4) is 0 Å². The van der Waals surface area contributed by atoms with Crippen molar-refractivity contribution in [1.29, 1.82) is 0 Å². The Balaban J connectivity index is 1.96. The highest BCUT2D eigenvalue weighted by atomic mass is 16.5. The third kappa shape index (κ3) is 3.04. The first kappa shape index (κ1) is 11.6. The second-order valence-corrected chi connectivity index (χ2v) is 3.99. The van der Waals surface area contributed by atoms with Crippen LogP contribution in [-0.4, -0.2) is 31.1 Å². The molecule has 0 radical (unpaired) electrons. The summed E-state index contributed by atoms with van der Waals surface area (Å²) >= 11 is 0. The normalized spacial score (nSPS) is 19.6. The van der Waals surface area contributed by atoms with E-state index in [1.165, 1.54) is 0 Å². The van der Waals surface area contributed by atoms with Crippen LogP contribution in [0.3, 0.4) is 0 Å². The van der Waals surface area contributed by atoms with Crippen LogP contribution in [0.5, 0.6) is 0 Å². The van der Waals surface area contributed by atoms with E-state index in [9.17, 15) is 9.59 Å². The van der Waals surface area contributed by atoms with Crippen LogP contribution in [0.25, 0.3) is 0 Å². The van der Waals surface area contributed by atoms with Crippen molar-refractivity contribution in [2.75, 3.05) is 18.5 Å². The SMILES string of the molecule is Cc1ccc(NC(=O)C2COCC(=O)N2)cc1. The van der Waals surface area contributed by atoms with Crippen molar-refractivity contribution in [1.82, 2.24) is 5.32 Å². The average Bonchev–Trinajstić information content (AvgIpc) is 2.32. The number of amides is 2. The molecular formula is C12H14N2O3. The molecule has 1 heterocycles. The van der Waals surface area contributed by atoms with Gasteiger partial charge in [-0.2, -0.15) is 0 Å². The molecule has 1 unspecified atom stereocenters. The summed E-state index contributed by atoms with van der Waals surface area (Å²) in [5.74, 6) is -0.526. The quantitative estimate of drug-likeness (QED) is 0.780. The highest BCUT2D eigenvalue weighted by Crippen LogP contribution is 2.09. The molecule has 0 bridgehead atoms. The lowest BCUT2D eigenvalue weighted by Gasteiger charge is -2.22. The van der Waals surface area contributed by atoms with Gasteiger partial charge >= 0.3 is 0 Å². The van der Waals surface area contributed by atoms with E-state index in [-0.39, 0.29) is 25.0 Å². The van der Waals surface area contributed by atoms with Gasteiger partial charge in [-0.3, -0.25) is 9.59 Å². The summed E-state index contributed by atoms with van der Waals surface area (Å²) in [7, 11) is 0. The van der Waals surface area contributed by atoms with Crippen molar-refractivity contribution < 1.29 is 14.3 Å². The van der Waals surface area contributed by atoms with E-state index in [0.29, 0.717) is 5.69 Å². The van der Waals surface area contributed by atoms with Gasteiger partial charge in [-0.05, 0) is 19.1 Å². The summed E-state index contributed by atoms with van der Waals surface area (Å²) in [6.07, 6.45) is 0. The Kier molecular flexibility index (Phi) is 3.39. The Bertz CT molecular complexity index is 428. The molecule has 0 aliphatic carbocycles. The Labute approximate surface area is 99.2 Å². The van der Waals surface area contributed by atoms with Gasteiger partial charge in [-0.1, -0.05) is 17.7 Å². The standard InChI is InChI=1S/C12H14N2O3/c1-8-2-4-9(5-3-8)13-12(16)10-6-17-7-11(15)14-10/h2-5,10H,6-7H2,1H3,(H,13,16)(H,14,15). The fourth-order valence-electron chi connectivity index (χ4n) is 1.55. The summed E-state index contributed by atoms with van der Waals surface area (Å²) in [4.78, 5) is 22.9. The second-order valence-electron chi connectivity index (χ2n) is 3.99. The number of ether oxygens (including phenoxy) is 1. The van der Waals surface area contributed by atoms with Gasteiger partial charge in [0.25, 0.3) is 0 Å². The molecule has 90 valence electrons. The minimum absolute atomic E-state index is 0.0221. The van der Waals surface area contributed by atoms with Crippen LogP contribution in [0.1, 0.15) is 5.56 Å². The van der Waals surface area contributed by atoms with Crippen LogP contribution in [0.15, 0.2) is 24.3 Å². The first-order valence-electron chi connectivity index (χ1n) is 5.40. The van der Waals surface area contributed by atoms with Crippen LogP contribution in [0.2, 0.25) is 0 Å². The number of carbonyl (C=O) groups excluding carboxylic acids is 2. The Morgan fingerprint density at radius 2 is 2.12 bits per heavy atom. The smallest absolute Gasteiger partial charge is 0.249 e. The molecule has 1 aliphatic rings. The number of aryl methyl sites for hydroxylation is 1. The summed E-state index contributed by atoms with van der Waals surface area (Å²) in [6, 6.07) is 6.84. The maximum absolute atomic E-state index is 11.8. The third-order valence-electron chi connectivity index (χ3n) is 2.49. The first-order chi connectivity index (χ1) is 8.15. The molecule has 5 heteroatoms. The lowest BCUT2D eigenvalue weighted by Crippen LogP contribution is -2.51. The van der Waals surface area contributed by atoms with Gasteiger partial charge in [0.15, 0.2) is 0 Å². The maximum atomic E-state index is 11.8. The van der Waals surface area contributed by atoms with E-state index in [1.807, 2.05) is 31.2 Å². The molecule has 1 aromatic carbocycles. The van der Waals surface area contributed by atoms with Gasteiger partial charge in [0.2, 0.25) is 11.8 Å². The molecule has 17 heavy (non-hydrogen) atoms. The molecule has 2 N–H and O–H groups in total. The summed E-state index contributed by atoms with van der Waals surface area (Å²) in [5, 5.41) is 5.30. The monoisotopic (exact) mass is 234 g/mol. The lowest BCUT2D eigenvalue weighted by atomic mass is 10.2. The number of carbonyl (C=O) groups is 2. The maximum Gasteiger partial charge on any atom is 0.249 e. The van der Waals surface area contributed by atoms with Crippen LogP contribution in [0.4, 0.5) is 5.69 Å². The third-order valence-corrected chi connectivity index (χ3v) is 2.49. The Morgan fingerprint density at radius 1 is 1.41 bits per heavy atom. The predicted molar refractivity (Wildman–Crippen MR) is 62.6 cm³/mol. The fourth-order valence-corrected chi connectivity index (χ4v) is 1.55. The summed E-state index contributed by atoms with van der Waals surface area (Å²) < 4.78 is 5.00. The van der Waals surface area contributed by atoms with Gasteiger partial charge in [0.1, 0.15) is 12.6 Å². The van der Waals surface area contributed by atoms with E-state index < -0.39 is 6.04 Å². The van der Waals surface area contributed by atoms with Gasteiger partial charge in [0.05, 0.1) is 6.61 Å².